The molecule has 5 heteroatoms. The first kappa shape index (κ1) is 13.4. The summed E-state index contributed by atoms with van der Waals surface area (Å²) in [4.78, 5) is 11.2. The van der Waals surface area contributed by atoms with Gasteiger partial charge in [0.1, 0.15) is 11.3 Å². The lowest BCUT2D eigenvalue weighted by Gasteiger charge is -2.20. The molecular weight excluding hydrogens is 242 g/mol. The molecule has 0 atom stereocenters. The Kier molecular flexibility index (Phi) is 3.72. The predicted octanol–water partition coefficient (Wildman–Crippen LogP) is 1.45. The summed E-state index contributed by atoms with van der Waals surface area (Å²) in [6, 6.07) is 7.94. The fraction of sp³-hybridized carbons (Fsp3) is 0.429. The summed E-state index contributed by atoms with van der Waals surface area (Å²) in [6.45, 7) is 4.46. The monoisotopic (exact) mass is 259 g/mol. The molecule has 0 saturated carbocycles. The van der Waals surface area contributed by atoms with Gasteiger partial charge in [-0.05, 0) is 38.0 Å². The molecule has 100 valence electrons. The summed E-state index contributed by atoms with van der Waals surface area (Å²) in [7, 11) is 0. The van der Waals surface area contributed by atoms with Crippen LogP contribution in [0.5, 0.6) is 5.75 Å². The average Bonchev–Trinajstić information content (AvgIpc) is 2.38. The van der Waals surface area contributed by atoms with Crippen molar-refractivity contribution in [1.29, 1.82) is 5.26 Å². The molecule has 0 aromatic heterocycles. The van der Waals surface area contributed by atoms with Gasteiger partial charge < -0.3 is 10.1 Å². The maximum Gasteiger partial charge on any atom is 0.262 e. The molecule has 0 unspecified atom stereocenters. The van der Waals surface area contributed by atoms with E-state index in [4.69, 9.17) is 10.00 Å². The minimum absolute atomic E-state index is 0.0737. The Morgan fingerprint density at radius 1 is 1.53 bits per heavy atom. The van der Waals surface area contributed by atoms with Crippen molar-refractivity contribution in [3.8, 4) is 11.8 Å². The van der Waals surface area contributed by atoms with Crippen molar-refractivity contribution in [2.75, 3.05) is 18.5 Å². The summed E-state index contributed by atoms with van der Waals surface area (Å²) >= 11 is 0. The number of hydrogen-bond acceptors (Lipinski definition) is 4. The van der Waals surface area contributed by atoms with Crippen LogP contribution in [0.1, 0.15) is 19.4 Å². The first-order valence-corrected chi connectivity index (χ1v) is 6.22. The lowest BCUT2D eigenvalue weighted by molar-refractivity contribution is -0.118. The molecule has 0 spiro atoms. The first-order valence-electron chi connectivity index (χ1n) is 6.22. The number of carbonyl (C=O) groups is 1. The zero-order chi connectivity index (χ0) is 13.9. The number of rotatable bonds is 4. The van der Waals surface area contributed by atoms with Crippen LogP contribution in [0.3, 0.4) is 0 Å². The number of carbonyl (C=O) groups excluding carboxylic acids is 1. The summed E-state index contributed by atoms with van der Waals surface area (Å²) in [5.41, 5.74) is 1.28. The predicted molar refractivity (Wildman–Crippen MR) is 72.0 cm³/mol. The number of nitrogens with zero attached hydrogens (tertiary/aromatic N) is 1. The zero-order valence-electron chi connectivity index (χ0n) is 11.1. The molecular formula is C14H17N3O2. The van der Waals surface area contributed by atoms with Crippen molar-refractivity contribution >= 4 is 11.6 Å². The lowest BCUT2D eigenvalue weighted by Crippen LogP contribution is -2.38. The molecule has 1 aromatic carbocycles. The van der Waals surface area contributed by atoms with Gasteiger partial charge in [0, 0.05) is 6.54 Å². The molecule has 0 aliphatic carbocycles. The number of ether oxygens (including phenoxy) is 1. The van der Waals surface area contributed by atoms with Gasteiger partial charge in [0.05, 0.1) is 11.8 Å². The van der Waals surface area contributed by atoms with Crippen molar-refractivity contribution in [3.63, 3.8) is 0 Å². The van der Waals surface area contributed by atoms with E-state index in [1.807, 2.05) is 32.0 Å². The molecule has 1 aliphatic heterocycles. The quantitative estimate of drug-likeness (QED) is 0.858. The smallest absolute Gasteiger partial charge is 0.262 e. The van der Waals surface area contributed by atoms with Crippen molar-refractivity contribution in [2.45, 2.75) is 25.8 Å². The standard InChI is InChI=1S/C14H17N3O2/c1-14(2,9-15)16-6-5-10-3-4-12-11(7-10)17-13(18)8-19-12/h3-4,7,16H,5-6,8H2,1-2H3,(H,17,18). The fourth-order valence-corrected chi connectivity index (χ4v) is 1.84. The van der Waals surface area contributed by atoms with Gasteiger partial charge in [-0.2, -0.15) is 5.26 Å². The van der Waals surface area contributed by atoms with Gasteiger partial charge >= 0.3 is 0 Å². The zero-order valence-corrected chi connectivity index (χ0v) is 11.1. The largest absolute Gasteiger partial charge is 0.482 e. The molecule has 0 saturated heterocycles. The number of fused-ring (bicyclic) bond motifs is 1. The van der Waals surface area contributed by atoms with Gasteiger partial charge in [0.2, 0.25) is 0 Å². The topological polar surface area (TPSA) is 74.2 Å². The number of amides is 1. The second kappa shape index (κ2) is 5.29. The number of nitriles is 1. The van der Waals surface area contributed by atoms with Gasteiger partial charge in [-0.1, -0.05) is 6.07 Å². The van der Waals surface area contributed by atoms with Crippen LogP contribution >= 0.6 is 0 Å². The first-order chi connectivity index (χ1) is 9.00. The van der Waals surface area contributed by atoms with E-state index in [0.29, 0.717) is 18.0 Å². The molecule has 1 aromatic rings. The Hall–Kier alpha value is -2.06. The van der Waals surface area contributed by atoms with E-state index in [1.165, 1.54) is 0 Å². The van der Waals surface area contributed by atoms with Gasteiger partial charge in [-0.3, -0.25) is 10.1 Å². The van der Waals surface area contributed by atoms with Crippen LogP contribution in [0, 0.1) is 11.3 Å². The number of hydrogen-bond donors (Lipinski definition) is 2. The molecule has 2 rings (SSSR count). The highest BCUT2D eigenvalue weighted by molar-refractivity contribution is 5.95. The molecule has 1 aliphatic rings. The van der Waals surface area contributed by atoms with Crippen LogP contribution in [0.25, 0.3) is 0 Å². The molecule has 0 bridgehead atoms. The van der Waals surface area contributed by atoms with Crippen molar-refractivity contribution < 1.29 is 9.53 Å². The molecule has 0 radical (unpaired) electrons. The summed E-state index contributed by atoms with van der Waals surface area (Å²) in [6.07, 6.45) is 0.786. The molecule has 2 N–H and O–H groups in total. The summed E-state index contributed by atoms with van der Waals surface area (Å²) in [5.74, 6) is 0.571. The lowest BCUT2D eigenvalue weighted by atomic mass is 10.1. The van der Waals surface area contributed by atoms with E-state index in [-0.39, 0.29) is 12.5 Å². The molecule has 19 heavy (non-hydrogen) atoms. The van der Waals surface area contributed by atoms with Crippen LogP contribution in [0.15, 0.2) is 18.2 Å². The molecule has 0 fully saturated rings. The second-order valence-electron chi connectivity index (χ2n) is 5.08. The molecule has 1 amide bonds. The third-order valence-electron chi connectivity index (χ3n) is 2.94. The van der Waals surface area contributed by atoms with Gasteiger partial charge in [-0.25, -0.2) is 0 Å². The van der Waals surface area contributed by atoms with Crippen molar-refractivity contribution in [2.24, 2.45) is 0 Å². The van der Waals surface area contributed by atoms with E-state index >= 15 is 0 Å². The molecule has 1 heterocycles. The molecule has 5 nitrogen and oxygen atoms in total. The Morgan fingerprint density at radius 3 is 3.05 bits per heavy atom. The van der Waals surface area contributed by atoms with Crippen LogP contribution in [0.4, 0.5) is 5.69 Å². The highest BCUT2D eigenvalue weighted by atomic mass is 16.5. The third kappa shape index (κ3) is 3.46. The van der Waals surface area contributed by atoms with Gasteiger partial charge in [0.15, 0.2) is 6.61 Å². The van der Waals surface area contributed by atoms with Crippen molar-refractivity contribution in [3.05, 3.63) is 23.8 Å². The van der Waals surface area contributed by atoms with Crippen LogP contribution < -0.4 is 15.4 Å². The summed E-state index contributed by atoms with van der Waals surface area (Å²) in [5, 5.41) is 14.8. The van der Waals surface area contributed by atoms with Crippen LogP contribution in [-0.4, -0.2) is 24.6 Å². The SMILES string of the molecule is CC(C)(C#N)NCCc1ccc2c(c1)NC(=O)CO2. The average molecular weight is 259 g/mol. The minimum atomic E-state index is -0.522. The van der Waals surface area contributed by atoms with E-state index in [0.717, 1.165) is 12.0 Å². The summed E-state index contributed by atoms with van der Waals surface area (Å²) < 4.78 is 5.30. The Labute approximate surface area is 112 Å². The van der Waals surface area contributed by atoms with E-state index in [1.54, 1.807) is 0 Å². The number of nitrogens with one attached hydrogen (secondary N) is 2. The van der Waals surface area contributed by atoms with Gasteiger partial charge in [0.25, 0.3) is 5.91 Å². The van der Waals surface area contributed by atoms with E-state index in [2.05, 4.69) is 16.7 Å². The third-order valence-corrected chi connectivity index (χ3v) is 2.94. The second-order valence-corrected chi connectivity index (χ2v) is 5.08. The Morgan fingerprint density at radius 2 is 2.32 bits per heavy atom. The Bertz CT molecular complexity index is 532. The fourth-order valence-electron chi connectivity index (χ4n) is 1.84. The van der Waals surface area contributed by atoms with Gasteiger partial charge in [-0.15, -0.1) is 0 Å². The normalized spacial score (nSPS) is 14.1. The maximum atomic E-state index is 11.2. The maximum absolute atomic E-state index is 11.2. The van der Waals surface area contributed by atoms with Crippen LogP contribution in [-0.2, 0) is 11.2 Å². The number of anilines is 1. The number of benzene rings is 1. The van der Waals surface area contributed by atoms with E-state index < -0.39 is 5.54 Å². The Balaban J connectivity index is 1.97. The van der Waals surface area contributed by atoms with Crippen molar-refractivity contribution in [1.82, 2.24) is 5.32 Å². The van der Waals surface area contributed by atoms with E-state index in [9.17, 15) is 4.79 Å². The highest BCUT2D eigenvalue weighted by Gasteiger charge is 2.17. The van der Waals surface area contributed by atoms with Crippen LogP contribution in [0.2, 0.25) is 0 Å². The minimum Gasteiger partial charge on any atom is -0.482 e. The highest BCUT2D eigenvalue weighted by Crippen LogP contribution is 2.28.